The molecule has 0 bridgehead atoms. The van der Waals surface area contributed by atoms with Gasteiger partial charge in [0.2, 0.25) is 11.7 Å². The maximum atomic E-state index is 13.3. The van der Waals surface area contributed by atoms with Crippen LogP contribution in [0, 0.1) is 22.0 Å². The molecular formula is C26H36N2O9. The minimum atomic E-state index is -2.92. The van der Waals surface area contributed by atoms with Crippen molar-refractivity contribution in [3.05, 3.63) is 39.9 Å². The standard InChI is InChI=1S/C26H36N2O9/c1-16(15-36-22-8-3-4-13-35-22)24-23(25(30)27(24)21-7-5-6-17(2)37-21)26(31,32)20(29)14-18-9-11-19(12-10-18)28(33)34/h9-12,16-17,21-24,31-32H,3-8,13-15H2,1-2H3. The van der Waals surface area contributed by atoms with Crippen molar-refractivity contribution in [1.29, 1.82) is 0 Å². The van der Waals surface area contributed by atoms with Crippen LogP contribution < -0.4 is 0 Å². The molecule has 0 saturated carbocycles. The molecule has 11 heteroatoms. The molecule has 1 amide bonds. The van der Waals surface area contributed by atoms with E-state index >= 15 is 0 Å². The second kappa shape index (κ2) is 11.5. The number of nitro groups is 1. The average Bonchev–Trinajstić information content (AvgIpc) is 2.86. The number of ether oxygens (including phenoxy) is 3. The van der Waals surface area contributed by atoms with Gasteiger partial charge < -0.3 is 29.3 Å². The molecule has 204 valence electrons. The van der Waals surface area contributed by atoms with E-state index in [1.807, 2.05) is 13.8 Å². The number of benzene rings is 1. The van der Waals surface area contributed by atoms with E-state index in [4.69, 9.17) is 14.2 Å². The third kappa shape index (κ3) is 6.01. The van der Waals surface area contributed by atoms with Gasteiger partial charge >= 0.3 is 0 Å². The number of hydrogen-bond acceptors (Lipinski definition) is 9. The van der Waals surface area contributed by atoms with Crippen LogP contribution in [-0.4, -0.2) is 75.4 Å². The molecule has 4 rings (SSSR count). The van der Waals surface area contributed by atoms with Crippen LogP contribution in [-0.2, 0) is 30.2 Å². The van der Waals surface area contributed by atoms with Gasteiger partial charge in [0.15, 0.2) is 12.1 Å². The minimum Gasteiger partial charge on any atom is -0.359 e. The Balaban J connectivity index is 1.50. The summed E-state index contributed by atoms with van der Waals surface area (Å²) in [5.41, 5.74) is 0.233. The average molecular weight is 521 g/mol. The molecule has 0 aromatic heterocycles. The second-order valence-corrected chi connectivity index (χ2v) is 10.4. The topological polar surface area (TPSA) is 149 Å². The van der Waals surface area contributed by atoms with E-state index in [0.717, 1.165) is 32.1 Å². The molecule has 3 aliphatic heterocycles. The molecule has 37 heavy (non-hydrogen) atoms. The zero-order valence-corrected chi connectivity index (χ0v) is 21.3. The van der Waals surface area contributed by atoms with Crippen molar-refractivity contribution in [3.8, 4) is 0 Å². The van der Waals surface area contributed by atoms with E-state index in [9.17, 15) is 29.9 Å². The first-order chi connectivity index (χ1) is 17.6. The molecule has 0 radical (unpaired) electrons. The van der Waals surface area contributed by atoms with Crippen molar-refractivity contribution in [2.24, 2.45) is 11.8 Å². The highest BCUT2D eigenvalue weighted by Crippen LogP contribution is 2.43. The Morgan fingerprint density at radius 2 is 1.95 bits per heavy atom. The molecule has 0 spiro atoms. The molecular weight excluding hydrogens is 484 g/mol. The van der Waals surface area contributed by atoms with E-state index in [-0.39, 0.29) is 37.0 Å². The Morgan fingerprint density at radius 3 is 2.57 bits per heavy atom. The summed E-state index contributed by atoms with van der Waals surface area (Å²) in [6, 6.07) is 4.56. The summed E-state index contributed by atoms with van der Waals surface area (Å²) in [6.07, 6.45) is 3.84. The summed E-state index contributed by atoms with van der Waals surface area (Å²) >= 11 is 0. The van der Waals surface area contributed by atoms with Gasteiger partial charge in [-0.2, -0.15) is 0 Å². The number of nitrogens with zero attached hydrogens (tertiary/aromatic N) is 2. The summed E-state index contributed by atoms with van der Waals surface area (Å²) in [6.45, 7) is 4.62. The number of aliphatic hydroxyl groups is 2. The number of amides is 1. The predicted molar refractivity (Wildman–Crippen MR) is 130 cm³/mol. The van der Waals surface area contributed by atoms with Crippen LogP contribution >= 0.6 is 0 Å². The van der Waals surface area contributed by atoms with Gasteiger partial charge in [-0.15, -0.1) is 0 Å². The third-order valence-corrected chi connectivity index (χ3v) is 7.57. The third-order valence-electron chi connectivity index (χ3n) is 7.57. The van der Waals surface area contributed by atoms with Gasteiger partial charge in [-0.25, -0.2) is 0 Å². The number of carbonyl (C=O) groups is 2. The zero-order valence-electron chi connectivity index (χ0n) is 21.3. The molecule has 1 aromatic rings. The van der Waals surface area contributed by atoms with Crippen LogP contribution in [0.3, 0.4) is 0 Å². The van der Waals surface area contributed by atoms with E-state index in [1.54, 1.807) is 0 Å². The molecule has 6 atom stereocenters. The Bertz CT molecular complexity index is 977. The maximum absolute atomic E-state index is 13.3. The highest BCUT2D eigenvalue weighted by atomic mass is 16.7. The number of Topliss-reactive ketones (excluding diaryl/α,β-unsaturated/α-hetero) is 1. The Hall–Kier alpha value is -2.44. The molecule has 0 aliphatic carbocycles. The number of β-lactam (4-membered cyclic amide) rings is 1. The smallest absolute Gasteiger partial charge is 0.269 e. The largest absolute Gasteiger partial charge is 0.359 e. The van der Waals surface area contributed by atoms with Gasteiger partial charge in [0.25, 0.3) is 5.69 Å². The summed E-state index contributed by atoms with van der Waals surface area (Å²) in [5.74, 6) is -6.14. The fraction of sp³-hybridized carbons (Fsp3) is 0.692. The number of ketones is 1. The van der Waals surface area contributed by atoms with Gasteiger partial charge in [-0.1, -0.05) is 19.1 Å². The molecule has 3 fully saturated rings. The van der Waals surface area contributed by atoms with Gasteiger partial charge in [0, 0.05) is 31.1 Å². The van der Waals surface area contributed by atoms with Crippen molar-refractivity contribution in [2.75, 3.05) is 13.2 Å². The number of non-ortho nitro benzene ring substituents is 1. The quantitative estimate of drug-likeness (QED) is 0.205. The number of rotatable bonds is 10. The lowest BCUT2D eigenvalue weighted by molar-refractivity contribution is -0.384. The molecule has 11 nitrogen and oxygen atoms in total. The van der Waals surface area contributed by atoms with Gasteiger partial charge in [0.1, 0.15) is 12.1 Å². The fourth-order valence-electron chi connectivity index (χ4n) is 5.49. The SMILES string of the molecule is CC1CCCC(N2C(=O)C(C(O)(O)C(=O)Cc3ccc([N+](=O)[O-])cc3)C2C(C)COC2CCCCO2)O1. The lowest BCUT2D eigenvalue weighted by Gasteiger charge is -2.56. The number of likely N-dealkylation sites (tertiary alicyclic amines) is 1. The molecule has 3 aliphatic rings. The summed E-state index contributed by atoms with van der Waals surface area (Å²) in [7, 11) is 0. The number of carbonyl (C=O) groups excluding carboxylic acids is 2. The van der Waals surface area contributed by atoms with Crippen LogP contribution in [0.5, 0.6) is 0 Å². The van der Waals surface area contributed by atoms with E-state index < -0.39 is 40.6 Å². The van der Waals surface area contributed by atoms with Crippen LogP contribution in [0.25, 0.3) is 0 Å². The Labute approximate surface area is 215 Å². The van der Waals surface area contributed by atoms with Crippen LogP contribution in [0.4, 0.5) is 5.69 Å². The molecule has 1 aromatic carbocycles. The van der Waals surface area contributed by atoms with Gasteiger partial charge in [0.05, 0.1) is 23.7 Å². The Morgan fingerprint density at radius 1 is 1.22 bits per heavy atom. The predicted octanol–water partition coefficient (Wildman–Crippen LogP) is 2.31. The zero-order chi connectivity index (χ0) is 26.7. The first-order valence-electron chi connectivity index (χ1n) is 13.0. The summed E-state index contributed by atoms with van der Waals surface area (Å²) < 4.78 is 17.6. The van der Waals surface area contributed by atoms with E-state index in [2.05, 4.69) is 0 Å². The summed E-state index contributed by atoms with van der Waals surface area (Å²) in [4.78, 5) is 38.3. The second-order valence-electron chi connectivity index (χ2n) is 10.4. The normalized spacial score (nSPS) is 29.5. The van der Waals surface area contributed by atoms with Gasteiger partial charge in [-0.05, 0) is 51.0 Å². The first-order valence-corrected chi connectivity index (χ1v) is 13.0. The van der Waals surface area contributed by atoms with Crippen molar-refractivity contribution < 1.29 is 38.9 Å². The minimum absolute atomic E-state index is 0.0368. The van der Waals surface area contributed by atoms with Crippen molar-refractivity contribution in [3.63, 3.8) is 0 Å². The highest BCUT2D eigenvalue weighted by molar-refractivity contribution is 5.97. The lowest BCUT2D eigenvalue weighted by Crippen LogP contribution is -2.75. The maximum Gasteiger partial charge on any atom is 0.269 e. The summed E-state index contributed by atoms with van der Waals surface area (Å²) in [5, 5.41) is 32.9. The highest BCUT2D eigenvalue weighted by Gasteiger charge is 2.63. The molecule has 3 heterocycles. The van der Waals surface area contributed by atoms with Crippen molar-refractivity contribution in [2.45, 2.75) is 89.2 Å². The lowest BCUT2D eigenvalue weighted by atomic mass is 9.72. The molecule has 3 saturated heterocycles. The first kappa shape index (κ1) is 27.6. The van der Waals surface area contributed by atoms with Gasteiger partial charge in [-0.3, -0.25) is 19.7 Å². The monoisotopic (exact) mass is 520 g/mol. The number of hydrogen-bond donors (Lipinski definition) is 2. The van der Waals surface area contributed by atoms with Crippen molar-refractivity contribution >= 4 is 17.4 Å². The Kier molecular flexibility index (Phi) is 8.59. The van der Waals surface area contributed by atoms with Crippen LogP contribution in [0.2, 0.25) is 0 Å². The van der Waals surface area contributed by atoms with Crippen LogP contribution in [0.1, 0.15) is 57.9 Å². The van der Waals surface area contributed by atoms with Crippen molar-refractivity contribution in [1.82, 2.24) is 4.90 Å². The molecule has 6 unspecified atom stereocenters. The fourth-order valence-corrected chi connectivity index (χ4v) is 5.49. The van der Waals surface area contributed by atoms with E-state index in [1.165, 1.54) is 29.2 Å². The van der Waals surface area contributed by atoms with Crippen LogP contribution in [0.15, 0.2) is 24.3 Å². The number of nitro benzene ring substituents is 1. The van der Waals surface area contributed by atoms with E-state index in [0.29, 0.717) is 18.6 Å². The molecule has 2 N–H and O–H groups in total.